The van der Waals surface area contributed by atoms with Crippen LogP contribution < -0.4 is 16.0 Å². The molecule has 46 heavy (non-hydrogen) atoms. The lowest BCUT2D eigenvalue weighted by molar-refractivity contribution is -0.124. The number of nitriles is 1. The fourth-order valence-corrected chi connectivity index (χ4v) is 7.25. The minimum atomic E-state index is -3.90. The summed E-state index contributed by atoms with van der Waals surface area (Å²) in [6, 6.07) is 9.78. The summed E-state index contributed by atoms with van der Waals surface area (Å²) in [7, 11) is -3.90. The van der Waals surface area contributed by atoms with Crippen LogP contribution in [-0.4, -0.2) is 67.9 Å². The summed E-state index contributed by atoms with van der Waals surface area (Å²) in [4.78, 5) is 26.1. The molecule has 10 nitrogen and oxygen atoms in total. The fourth-order valence-electron chi connectivity index (χ4n) is 5.09. The van der Waals surface area contributed by atoms with Gasteiger partial charge in [-0.2, -0.15) is 5.26 Å². The molecule has 0 saturated heterocycles. The summed E-state index contributed by atoms with van der Waals surface area (Å²) in [5, 5.41) is 27.2. The predicted octanol–water partition coefficient (Wildman–Crippen LogP) is 4.10. The Hall–Kier alpha value is -3.60. The second kappa shape index (κ2) is 19.8. The molecule has 0 bridgehead atoms. The number of sulfone groups is 1. The van der Waals surface area contributed by atoms with Crippen molar-refractivity contribution in [3.63, 3.8) is 0 Å². The van der Waals surface area contributed by atoms with Gasteiger partial charge in [0.1, 0.15) is 24.3 Å². The molecule has 2 amide bonds. The number of hydrogen-bond donors (Lipinski definition) is 4. The van der Waals surface area contributed by atoms with Gasteiger partial charge in [0, 0.05) is 19.2 Å². The quantitative estimate of drug-likeness (QED) is 0.154. The van der Waals surface area contributed by atoms with Gasteiger partial charge in [-0.1, -0.05) is 57.9 Å². The average Bonchev–Trinajstić information content (AvgIpc) is 3.00. The van der Waals surface area contributed by atoms with Crippen molar-refractivity contribution >= 4 is 21.8 Å². The highest BCUT2D eigenvalue weighted by atomic mass is 32.2. The molecule has 0 spiro atoms. The third-order valence-electron chi connectivity index (χ3n) is 7.44. The van der Waals surface area contributed by atoms with E-state index in [0.717, 1.165) is 29.7 Å². The molecule has 0 aliphatic carbocycles. The van der Waals surface area contributed by atoms with E-state index in [2.05, 4.69) is 16.0 Å². The molecule has 0 aliphatic heterocycles. The highest BCUT2D eigenvalue weighted by Gasteiger charge is 2.34. The number of ether oxygens (including phenoxy) is 1. The van der Waals surface area contributed by atoms with Crippen LogP contribution in [-0.2, 0) is 38.8 Å². The van der Waals surface area contributed by atoms with Crippen LogP contribution in [0, 0.1) is 23.0 Å². The Labute approximate surface area is 270 Å². The maximum absolute atomic E-state index is 14.0. The van der Waals surface area contributed by atoms with Gasteiger partial charge in [-0.25, -0.2) is 22.0 Å². The molecule has 0 fully saturated rings. The van der Waals surface area contributed by atoms with Crippen molar-refractivity contribution in [3.8, 4) is 6.07 Å². The highest BCUT2D eigenvalue weighted by molar-refractivity contribution is 7.92. The molecule has 13 heteroatoms. The van der Waals surface area contributed by atoms with Crippen molar-refractivity contribution in [3.05, 3.63) is 70.8 Å². The number of aliphatic hydroxyl groups excluding tert-OH is 1. The number of amides is 2. The maximum Gasteiger partial charge on any atom is 0.407 e. The Morgan fingerprint density at radius 2 is 1.63 bits per heavy atom. The summed E-state index contributed by atoms with van der Waals surface area (Å²) in [6.45, 7) is 5.84. The zero-order chi connectivity index (χ0) is 34.1. The lowest BCUT2D eigenvalue weighted by atomic mass is 10.00. The molecular formula is C33H46F2N4O6S. The summed E-state index contributed by atoms with van der Waals surface area (Å²) in [5.74, 6) is -3.34. The zero-order valence-corrected chi connectivity index (χ0v) is 27.5. The van der Waals surface area contributed by atoms with Gasteiger partial charge in [-0.15, -0.1) is 0 Å². The van der Waals surface area contributed by atoms with Gasteiger partial charge in [0.05, 0.1) is 35.6 Å². The van der Waals surface area contributed by atoms with Gasteiger partial charge < -0.3 is 25.8 Å². The van der Waals surface area contributed by atoms with Crippen LogP contribution in [0.1, 0.15) is 69.6 Å². The van der Waals surface area contributed by atoms with Crippen molar-refractivity contribution in [2.24, 2.45) is 0 Å². The number of carbonyl (C=O) groups excluding carboxylic acids is 2. The lowest BCUT2D eigenvalue weighted by Crippen LogP contribution is -2.57. The number of aryl methyl sites for hydroxylation is 1. The zero-order valence-electron chi connectivity index (χ0n) is 26.7. The Morgan fingerprint density at radius 3 is 2.24 bits per heavy atom. The second-order valence-corrected chi connectivity index (χ2v) is 13.6. The number of rotatable bonds is 20. The first-order valence-electron chi connectivity index (χ1n) is 15.7. The molecule has 0 unspecified atom stereocenters. The molecule has 0 aromatic heterocycles. The molecule has 2 aromatic rings. The van der Waals surface area contributed by atoms with Crippen LogP contribution in [0.25, 0.3) is 0 Å². The van der Waals surface area contributed by atoms with E-state index in [-0.39, 0.29) is 31.6 Å². The van der Waals surface area contributed by atoms with Crippen LogP contribution in [0.3, 0.4) is 0 Å². The Bertz CT molecular complexity index is 1390. The summed E-state index contributed by atoms with van der Waals surface area (Å²) < 4.78 is 59.8. The topological polar surface area (TPSA) is 158 Å². The third-order valence-corrected chi connectivity index (χ3v) is 9.72. The number of hydrogen-bond acceptors (Lipinski definition) is 8. The smallest absolute Gasteiger partial charge is 0.407 e. The number of aliphatic hydroxyl groups is 1. The molecule has 2 aromatic carbocycles. The molecule has 0 radical (unpaired) electrons. The van der Waals surface area contributed by atoms with Crippen LogP contribution in [0.15, 0.2) is 42.5 Å². The van der Waals surface area contributed by atoms with Gasteiger partial charge in [0.2, 0.25) is 5.91 Å². The number of halogens is 2. The SMILES string of the molecule is CCCC(CCC)S(=O)(=O)C[C@@H](NC(=O)OCCC#N)C(=O)N[C@@H](Cc1cc(F)cc(F)c1)[C@H](O)CNCc1cccc(CC)c1. The number of benzene rings is 2. The minimum Gasteiger partial charge on any atom is -0.448 e. The van der Waals surface area contributed by atoms with Gasteiger partial charge in [-0.3, -0.25) is 4.79 Å². The van der Waals surface area contributed by atoms with E-state index in [0.29, 0.717) is 38.3 Å². The predicted molar refractivity (Wildman–Crippen MR) is 171 cm³/mol. The first-order chi connectivity index (χ1) is 21.9. The number of carbonyl (C=O) groups is 2. The van der Waals surface area contributed by atoms with Gasteiger partial charge in [0.25, 0.3) is 0 Å². The fraction of sp³-hybridized carbons (Fsp3) is 0.545. The Morgan fingerprint density at radius 1 is 0.978 bits per heavy atom. The Kier molecular flexibility index (Phi) is 16.6. The van der Waals surface area contributed by atoms with Crippen molar-refractivity contribution in [2.45, 2.75) is 95.7 Å². The monoisotopic (exact) mass is 664 g/mol. The van der Waals surface area contributed by atoms with Crippen molar-refractivity contribution in [1.82, 2.24) is 16.0 Å². The molecule has 4 N–H and O–H groups in total. The largest absolute Gasteiger partial charge is 0.448 e. The van der Waals surface area contributed by atoms with E-state index in [4.69, 9.17) is 10.00 Å². The average molecular weight is 665 g/mol. The maximum atomic E-state index is 14.0. The Balaban J connectivity index is 2.32. The molecule has 254 valence electrons. The molecule has 3 atom stereocenters. The number of alkyl carbamates (subject to hydrolysis) is 1. The molecule has 0 aliphatic rings. The van der Waals surface area contributed by atoms with E-state index >= 15 is 0 Å². The van der Waals surface area contributed by atoms with Crippen LogP contribution in [0.5, 0.6) is 0 Å². The van der Waals surface area contributed by atoms with E-state index in [9.17, 15) is 31.9 Å². The van der Waals surface area contributed by atoms with Crippen LogP contribution in [0.4, 0.5) is 13.6 Å². The minimum absolute atomic E-state index is 0.0270. The lowest BCUT2D eigenvalue weighted by Gasteiger charge is -2.28. The normalized spacial score (nSPS) is 13.4. The first kappa shape index (κ1) is 38.6. The summed E-state index contributed by atoms with van der Waals surface area (Å²) >= 11 is 0. The van der Waals surface area contributed by atoms with E-state index < -0.39 is 62.7 Å². The number of nitrogens with one attached hydrogen (secondary N) is 3. The van der Waals surface area contributed by atoms with Gasteiger partial charge in [0.15, 0.2) is 9.84 Å². The number of nitrogens with zero attached hydrogens (tertiary/aromatic N) is 1. The van der Waals surface area contributed by atoms with Gasteiger partial charge >= 0.3 is 6.09 Å². The first-order valence-corrected chi connectivity index (χ1v) is 17.4. The van der Waals surface area contributed by atoms with E-state index in [1.807, 2.05) is 51.1 Å². The molecule has 0 saturated carbocycles. The van der Waals surface area contributed by atoms with Crippen LogP contribution >= 0.6 is 0 Å². The van der Waals surface area contributed by atoms with E-state index in [1.54, 1.807) is 0 Å². The standard InChI is InChI=1S/C33H46F2N4O6S/c1-4-9-28(10-5-2)46(43,44)22-30(39-33(42)45-14-8-13-36)32(41)38-29(18-25-16-26(34)19-27(35)17-25)31(40)21-37-20-24-12-7-11-23(6-3)15-24/h7,11-12,15-17,19,28-31,37,40H,4-6,8-10,14,18,20-22H2,1-3H3,(H,38,41)(H,39,42)/t29-,30+,31+/m0/s1. The summed E-state index contributed by atoms with van der Waals surface area (Å²) in [5.41, 5.74) is 2.26. The van der Waals surface area contributed by atoms with Gasteiger partial charge in [-0.05, 0) is 54.5 Å². The molecular weight excluding hydrogens is 618 g/mol. The van der Waals surface area contributed by atoms with Crippen molar-refractivity contribution < 1.29 is 36.6 Å². The molecule has 2 rings (SSSR count). The van der Waals surface area contributed by atoms with Crippen molar-refractivity contribution in [2.75, 3.05) is 18.9 Å². The molecule has 0 heterocycles. The van der Waals surface area contributed by atoms with E-state index in [1.165, 1.54) is 0 Å². The third kappa shape index (κ3) is 13.4. The summed E-state index contributed by atoms with van der Waals surface area (Å²) in [6.07, 6.45) is 0.111. The highest BCUT2D eigenvalue weighted by Crippen LogP contribution is 2.18. The van der Waals surface area contributed by atoms with Crippen LogP contribution in [0.2, 0.25) is 0 Å². The second-order valence-electron chi connectivity index (χ2n) is 11.2. The van der Waals surface area contributed by atoms with Crippen molar-refractivity contribution in [1.29, 1.82) is 5.26 Å².